The van der Waals surface area contributed by atoms with Crippen molar-refractivity contribution in [3.05, 3.63) is 45.8 Å². The molecule has 8 heteroatoms. The number of thiophene rings is 1. The molecule has 2 amide bonds. The van der Waals surface area contributed by atoms with Gasteiger partial charge in [-0.15, -0.1) is 11.3 Å². The third-order valence-electron chi connectivity index (χ3n) is 4.75. The van der Waals surface area contributed by atoms with Crippen molar-refractivity contribution in [2.75, 3.05) is 23.8 Å². The molecule has 3 rings (SSSR count). The molecule has 0 aliphatic heterocycles. The summed E-state index contributed by atoms with van der Waals surface area (Å²) in [6.07, 6.45) is 4.86. The molecular formula is C21H24N2O5S. The number of carbonyl (C=O) groups excluding carboxylic acids is 2. The van der Waals surface area contributed by atoms with Crippen LogP contribution >= 0.6 is 11.3 Å². The van der Waals surface area contributed by atoms with Crippen LogP contribution in [0.2, 0.25) is 0 Å². The number of rotatable bonds is 7. The summed E-state index contributed by atoms with van der Waals surface area (Å²) in [7, 11) is 0. The summed E-state index contributed by atoms with van der Waals surface area (Å²) in [4.78, 5) is 37.0. The number of nitrogens with one attached hydrogen (secondary N) is 2. The molecule has 0 bridgehead atoms. The van der Waals surface area contributed by atoms with Crippen LogP contribution in [0.4, 0.5) is 10.7 Å². The predicted molar refractivity (Wildman–Crippen MR) is 112 cm³/mol. The Morgan fingerprint density at radius 1 is 1.07 bits per heavy atom. The summed E-state index contributed by atoms with van der Waals surface area (Å²) in [6, 6.07) is 7.53. The molecule has 7 nitrogen and oxygen atoms in total. The van der Waals surface area contributed by atoms with Gasteiger partial charge in [-0.2, -0.15) is 0 Å². The molecule has 0 spiro atoms. The van der Waals surface area contributed by atoms with E-state index in [0.717, 1.165) is 53.8 Å². The van der Waals surface area contributed by atoms with Gasteiger partial charge in [-0.3, -0.25) is 9.59 Å². The number of carboxylic acid groups (broad SMARTS) is 1. The van der Waals surface area contributed by atoms with E-state index in [1.165, 1.54) is 11.3 Å². The van der Waals surface area contributed by atoms with Gasteiger partial charge in [0.1, 0.15) is 18.2 Å². The zero-order valence-corrected chi connectivity index (χ0v) is 17.1. The van der Waals surface area contributed by atoms with Crippen LogP contribution in [-0.4, -0.2) is 36.1 Å². The van der Waals surface area contributed by atoms with Gasteiger partial charge in [0, 0.05) is 10.6 Å². The lowest BCUT2D eigenvalue weighted by molar-refractivity contribution is -0.143. The second-order valence-electron chi connectivity index (χ2n) is 6.97. The molecule has 0 saturated heterocycles. The van der Waals surface area contributed by atoms with Gasteiger partial charge in [0.25, 0.3) is 11.8 Å². The highest BCUT2D eigenvalue weighted by molar-refractivity contribution is 7.17. The van der Waals surface area contributed by atoms with Gasteiger partial charge in [0.05, 0.1) is 5.56 Å². The molecule has 1 aliphatic rings. The molecular weight excluding hydrogens is 392 g/mol. The third-order valence-corrected chi connectivity index (χ3v) is 5.96. The van der Waals surface area contributed by atoms with Crippen LogP contribution in [0.3, 0.4) is 0 Å². The minimum Gasteiger partial charge on any atom is -0.480 e. The van der Waals surface area contributed by atoms with Gasteiger partial charge in [0.15, 0.2) is 0 Å². The summed E-state index contributed by atoms with van der Waals surface area (Å²) >= 11 is 1.42. The second kappa shape index (κ2) is 9.67. The van der Waals surface area contributed by atoms with Crippen LogP contribution in [0.1, 0.15) is 45.6 Å². The second-order valence-corrected chi connectivity index (χ2v) is 8.08. The van der Waals surface area contributed by atoms with Crippen molar-refractivity contribution in [2.24, 2.45) is 0 Å². The number of aryl methyl sites for hydroxylation is 2. The molecule has 154 valence electrons. The Labute approximate surface area is 173 Å². The molecule has 0 unspecified atom stereocenters. The molecule has 1 aromatic heterocycles. The van der Waals surface area contributed by atoms with Gasteiger partial charge in [0.2, 0.25) is 0 Å². The lowest BCUT2D eigenvalue weighted by Crippen LogP contribution is -2.22. The standard InChI is InChI=1S/C21H24N2O5S/c1-13-7-5-6-9-15(13)22-20(27)19-14-8-3-2-4-10-16(14)29-21(19)23-17(24)11-28-12-18(25)26/h5-7,9H,2-4,8,10-12H2,1H3,(H,22,27)(H,23,24)(H,25,26). The lowest BCUT2D eigenvalue weighted by Gasteiger charge is -2.11. The van der Waals surface area contributed by atoms with Crippen LogP contribution in [0.5, 0.6) is 0 Å². The molecule has 1 aromatic carbocycles. The third kappa shape index (κ3) is 5.42. The van der Waals surface area contributed by atoms with Crippen molar-refractivity contribution in [1.29, 1.82) is 0 Å². The normalized spacial score (nSPS) is 13.3. The van der Waals surface area contributed by atoms with E-state index < -0.39 is 18.5 Å². The number of fused-ring (bicyclic) bond motifs is 1. The van der Waals surface area contributed by atoms with E-state index in [1.807, 2.05) is 31.2 Å². The topological polar surface area (TPSA) is 105 Å². The first-order valence-corrected chi connectivity index (χ1v) is 10.4. The number of ether oxygens (including phenoxy) is 1. The number of carbonyl (C=O) groups is 3. The first-order valence-electron chi connectivity index (χ1n) is 9.56. The number of hydrogen-bond donors (Lipinski definition) is 3. The number of hydrogen-bond acceptors (Lipinski definition) is 5. The molecule has 3 N–H and O–H groups in total. The van der Waals surface area contributed by atoms with Crippen LogP contribution < -0.4 is 10.6 Å². The summed E-state index contributed by atoms with van der Waals surface area (Å²) in [5, 5.41) is 14.8. The van der Waals surface area contributed by atoms with E-state index >= 15 is 0 Å². The molecule has 0 atom stereocenters. The number of amides is 2. The summed E-state index contributed by atoms with van der Waals surface area (Å²) in [5.74, 6) is -1.87. The van der Waals surface area contributed by atoms with Gasteiger partial charge in [-0.25, -0.2) is 4.79 Å². The SMILES string of the molecule is Cc1ccccc1NC(=O)c1c(NC(=O)COCC(=O)O)sc2c1CCCCC2. The Morgan fingerprint density at radius 2 is 1.83 bits per heavy atom. The highest BCUT2D eigenvalue weighted by atomic mass is 32.1. The highest BCUT2D eigenvalue weighted by Crippen LogP contribution is 2.38. The van der Waals surface area contributed by atoms with Crippen LogP contribution in [0, 0.1) is 6.92 Å². The number of carboxylic acids is 1. The van der Waals surface area contributed by atoms with Gasteiger partial charge in [-0.1, -0.05) is 24.6 Å². The fraction of sp³-hybridized carbons (Fsp3) is 0.381. The fourth-order valence-electron chi connectivity index (χ4n) is 3.36. The minimum atomic E-state index is -1.14. The van der Waals surface area contributed by atoms with E-state index in [2.05, 4.69) is 10.6 Å². The molecule has 0 saturated carbocycles. The monoisotopic (exact) mass is 416 g/mol. The van der Waals surface area contributed by atoms with E-state index in [4.69, 9.17) is 9.84 Å². The number of para-hydroxylation sites is 1. The summed E-state index contributed by atoms with van der Waals surface area (Å²) < 4.78 is 4.86. The van der Waals surface area contributed by atoms with Gasteiger partial charge >= 0.3 is 5.97 Å². The van der Waals surface area contributed by atoms with Crippen molar-refractivity contribution in [3.63, 3.8) is 0 Å². The maximum Gasteiger partial charge on any atom is 0.329 e. The molecule has 0 radical (unpaired) electrons. The van der Waals surface area contributed by atoms with Crippen molar-refractivity contribution >= 4 is 39.8 Å². The first kappa shape index (κ1) is 21.0. The summed E-state index contributed by atoms with van der Waals surface area (Å²) in [5.41, 5.74) is 3.19. The maximum absolute atomic E-state index is 13.2. The highest BCUT2D eigenvalue weighted by Gasteiger charge is 2.26. The minimum absolute atomic E-state index is 0.250. The van der Waals surface area contributed by atoms with Crippen LogP contribution in [0.25, 0.3) is 0 Å². The Hall–Kier alpha value is -2.71. The molecule has 1 aliphatic carbocycles. The van der Waals surface area contributed by atoms with Crippen molar-refractivity contribution in [1.82, 2.24) is 0 Å². The van der Waals surface area contributed by atoms with Crippen LogP contribution in [0.15, 0.2) is 24.3 Å². The zero-order chi connectivity index (χ0) is 20.8. The largest absolute Gasteiger partial charge is 0.480 e. The number of aliphatic carboxylic acids is 1. The van der Waals surface area contributed by atoms with Gasteiger partial charge in [-0.05, 0) is 49.8 Å². The first-order chi connectivity index (χ1) is 14.0. The predicted octanol–water partition coefficient (Wildman–Crippen LogP) is 3.62. The van der Waals surface area contributed by atoms with E-state index in [9.17, 15) is 14.4 Å². The molecule has 1 heterocycles. The molecule has 29 heavy (non-hydrogen) atoms. The Balaban J connectivity index is 1.84. The Kier molecular flexibility index (Phi) is 7.00. The molecule has 0 fully saturated rings. The Bertz CT molecular complexity index is 922. The lowest BCUT2D eigenvalue weighted by atomic mass is 10.0. The van der Waals surface area contributed by atoms with Crippen LogP contribution in [-0.2, 0) is 27.2 Å². The van der Waals surface area contributed by atoms with Gasteiger partial charge < -0.3 is 20.5 Å². The average Bonchev–Trinajstić information content (AvgIpc) is 2.84. The van der Waals surface area contributed by atoms with E-state index in [1.54, 1.807) is 0 Å². The fourth-order valence-corrected chi connectivity index (χ4v) is 4.67. The summed E-state index contributed by atoms with van der Waals surface area (Å²) in [6.45, 7) is 0.995. The van der Waals surface area contributed by atoms with Crippen molar-refractivity contribution < 1.29 is 24.2 Å². The molecule has 2 aromatic rings. The maximum atomic E-state index is 13.2. The Morgan fingerprint density at radius 3 is 2.59 bits per heavy atom. The van der Waals surface area contributed by atoms with Crippen molar-refractivity contribution in [3.8, 4) is 0 Å². The number of anilines is 2. The van der Waals surface area contributed by atoms with Crippen molar-refractivity contribution in [2.45, 2.75) is 39.0 Å². The zero-order valence-electron chi connectivity index (χ0n) is 16.2. The smallest absolute Gasteiger partial charge is 0.329 e. The van der Waals surface area contributed by atoms with E-state index in [-0.39, 0.29) is 12.5 Å². The number of benzene rings is 1. The van der Waals surface area contributed by atoms with E-state index in [0.29, 0.717) is 10.6 Å². The average molecular weight is 416 g/mol. The quantitative estimate of drug-likeness (QED) is 0.598.